The summed E-state index contributed by atoms with van der Waals surface area (Å²) in [5, 5.41) is 3.64. The zero-order valence-corrected chi connectivity index (χ0v) is 16.3. The van der Waals surface area contributed by atoms with Crippen LogP contribution in [0.15, 0.2) is 18.3 Å². The normalized spacial score (nSPS) is 16.7. The van der Waals surface area contributed by atoms with Crippen LogP contribution < -0.4 is 16.0 Å². The van der Waals surface area contributed by atoms with E-state index >= 15 is 0 Å². The largest absolute Gasteiger partial charge is 0.363 e. The maximum atomic E-state index is 11.5. The van der Waals surface area contributed by atoms with Gasteiger partial charge in [0, 0.05) is 42.3 Å². The Balaban J connectivity index is 1.51. The number of hydrogen-bond acceptors (Lipinski definition) is 6. The lowest BCUT2D eigenvalue weighted by Crippen LogP contribution is -2.34. The minimum absolute atomic E-state index is 0.0937. The van der Waals surface area contributed by atoms with Crippen molar-refractivity contribution in [3.05, 3.63) is 46.7 Å². The second kappa shape index (κ2) is 8.43. The topological polar surface area (TPSA) is 97.0 Å². The molecular formula is C20H28N6O. The number of amides is 1. The standard InChI is InChI=1S/C20H28N6O/c1-13-6-7-16(11-23-13)5-4-9-22-17-8-10-26(12-17)20-14(2)15(3)24-19(25-20)18(21)27/h6-7,11,17,22H,4-5,8-10,12H2,1-3H3,(H2,21,27)/t17-/m1/s1. The van der Waals surface area contributed by atoms with Gasteiger partial charge < -0.3 is 16.0 Å². The number of rotatable bonds is 7. The van der Waals surface area contributed by atoms with Crippen molar-refractivity contribution in [3.63, 3.8) is 0 Å². The molecule has 0 unspecified atom stereocenters. The fraction of sp³-hybridized carbons (Fsp3) is 0.500. The highest BCUT2D eigenvalue weighted by Gasteiger charge is 2.25. The van der Waals surface area contributed by atoms with Gasteiger partial charge in [-0.2, -0.15) is 0 Å². The van der Waals surface area contributed by atoms with Crippen molar-refractivity contribution < 1.29 is 4.79 Å². The summed E-state index contributed by atoms with van der Waals surface area (Å²) in [5.41, 5.74) is 9.51. The van der Waals surface area contributed by atoms with Gasteiger partial charge in [0.1, 0.15) is 5.82 Å². The third-order valence-electron chi connectivity index (χ3n) is 5.12. The van der Waals surface area contributed by atoms with Gasteiger partial charge >= 0.3 is 0 Å². The van der Waals surface area contributed by atoms with Crippen LogP contribution in [0.25, 0.3) is 0 Å². The number of primary amides is 1. The molecule has 1 aliphatic rings. The first-order chi connectivity index (χ1) is 12.9. The monoisotopic (exact) mass is 368 g/mol. The number of carbonyl (C=O) groups is 1. The van der Waals surface area contributed by atoms with Crippen molar-refractivity contribution in [2.75, 3.05) is 24.5 Å². The Morgan fingerprint density at radius 2 is 2.11 bits per heavy atom. The second-order valence-electron chi connectivity index (χ2n) is 7.24. The molecule has 1 atom stereocenters. The van der Waals surface area contributed by atoms with Gasteiger partial charge in [-0.25, -0.2) is 9.97 Å². The Labute approximate surface area is 160 Å². The summed E-state index contributed by atoms with van der Waals surface area (Å²) in [4.78, 5) is 26.6. The molecular weight excluding hydrogens is 340 g/mol. The fourth-order valence-electron chi connectivity index (χ4n) is 3.40. The van der Waals surface area contributed by atoms with Gasteiger partial charge in [-0.3, -0.25) is 9.78 Å². The summed E-state index contributed by atoms with van der Waals surface area (Å²) in [7, 11) is 0. The number of nitrogens with zero attached hydrogens (tertiary/aromatic N) is 4. The lowest BCUT2D eigenvalue weighted by Gasteiger charge is -2.21. The van der Waals surface area contributed by atoms with Crippen LogP contribution in [-0.4, -0.2) is 46.5 Å². The van der Waals surface area contributed by atoms with Crippen LogP contribution in [0.5, 0.6) is 0 Å². The summed E-state index contributed by atoms with van der Waals surface area (Å²) < 4.78 is 0. The van der Waals surface area contributed by atoms with Crippen LogP contribution in [0, 0.1) is 20.8 Å². The van der Waals surface area contributed by atoms with E-state index in [1.54, 1.807) is 0 Å². The van der Waals surface area contributed by atoms with E-state index < -0.39 is 5.91 Å². The van der Waals surface area contributed by atoms with Gasteiger partial charge in [-0.05, 0) is 58.2 Å². The van der Waals surface area contributed by atoms with Gasteiger partial charge in [-0.1, -0.05) is 6.07 Å². The van der Waals surface area contributed by atoms with E-state index in [2.05, 4.69) is 37.3 Å². The molecule has 0 bridgehead atoms. The van der Waals surface area contributed by atoms with Crippen LogP contribution in [0.2, 0.25) is 0 Å². The van der Waals surface area contributed by atoms with Crippen LogP contribution in [0.4, 0.5) is 5.82 Å². The first-order valence-electron chi connectivity index (χ1n) is 9.49. The van der Waals surface area contributed by atoms with Gasteiger partial charge in [0.25, 0.3) is 5.91 Å². The molecule has 3 N–H and O–H groups in total. The Hall–Kier alpha value is -2.54. The first kappa shape index (κ1) is 19.2. The number of nitrogens with two attached hydrogens (primary N) is 1. The van der Waals surface area contributed by atoms with Crippen molar-refractivity contribution in [1.82, 2.24) is 20.3 Å². The molecule has 1 saturated heterocycles. The fourth-order valence-corrected chi connectivity index (χ4v) is 3.40. The zero-order chi connectivity index (χ0) is 19.4. The predicted molar refractivity (Wildman–Crippen MR) is 106 cm³/mol. The number of pyridine rings is 1. The van der Waals surface area contributed by atoms with Gasteiger partial charge in [-0.15, -0.1) is 0 Å². The van der Waals surface area contributed by atoms with E-state index in [1.807, 2.05) is 27.0 Å². The van der Waals surface area contributed by atoms with E-state index in [1.165, 1.54) is 5.56 Å². The van der Waals surface area contributed by atoms with Crippen LogP contribution >= 0.6 is 0 Å². The quantitative estimate of drug-likeness (QED) is 0.722. The average molecular weight is 368 g/mol. The molecule has 1 fully saturated rings. The Bertz CT molecular complexity index is 805. The minimum atomic E-state index is -0.584. The molecule has 7 heteroatoms. The number of hydrogen-bond donors (Lipinski definition) is 2. The highest BCUT2D eigenvalue weighted by atomic mass is 16.1. The molecule has 2 aromatic heterocycles. The molecule has 144 valence electrons. The summed E-state index contributed by atoms with van der Waals surface area (Å²) >= 11 is 0. The molecule has 0 aliphatic carbocycles. The van der Waals surface area contributed by atoms with Crippen molar-refractivity contribution in [2.45, 2.75) is 46.1 Å². The molecule has 7 nitrogen and oxygen atoms in total. The van der Waals surface area contributed by atoms with Crippen molar-refractivity contribution >= 4 is 11.7 Å². The smallest absolute Gasteiger partial charge is 0.286 e. The first-order valence-corrected chi connectivity index (χ1v) is 9.49. The predicted octanol–water partition coefficient (Wildman–Crippen LogP) is 1.70. The van der Waals surface area contributed by atoms with E-state index in [-0.39, 0.29) is 5.82 Å². The highest BCUT2D eigenvalue weighted by molar-refractivity contribution is 5.89. The third kappa shape index (κ3) is 4.80. The molecule has 0 saturated carbocycles. The summed E-state index contributed by atoms with van der Waals surface area (Å²) in [6.07, 6.45) is 5.13. The van der Waals surface area contributed by atoms with Crippen molar-refractivity contribution in [3.8, 4) is 0 Å². The number of anilines is 1. The van der Waals surface area contributed by atoms with E-state index in [0.717, 1.165) is 61.7 Å². The Morgan fingerprint density at radius 1 is 1.30 bits per heavy atom. The molecule has 27 heavy (non-hydrogen) atoms. The molecule has 3 rings (SSSR count). The van der Waals surface area contributed by atoms with Crippen LogP contribution in [-0.2, 0) is 6.42 Å². The molecule has 1 amide bonds. The lowest BCUT2D eigenvalue weighted by atomic mass is 10.1. The second-order valence-corrected chi connectivity index (χ2v) is 7.24. The van der Waals surface area contributed by atoms with E-state index in [0.29, 0.717) is 6.04 Å². The Morgan fingerprint density at radius 3 is 2.81 bits per heavy atom. The van der Waals surface area contributed by atoms with Crippen molar-refractivity contribution in [2.24, 2.45) is 5.73 Å². The van der Waals surface area contributed by atoms with Gasteiger partial charge in [0.2, 0.25) is 5.82 Å². The number of nitrogens with one attached hydrogen (secondary N) is 1. The molecule has 0 radical (unpaired) electrons. The maximum Gasteiger partial charge on any atom is 0.286 e. The van der Waals surface area contributed by atoms with Gasteiger partial charge in [0.15, 0.2) is 0 Å². The van der Waals surface area contributed by atoms with Crippen LogP contribution in [0.3, 0.4) is 0 Å². The molecule has 0 aromatic carbocycles. The molecule has 0 spiro atoms. The molecule has 3 heterocycles. The molecule has 1 aliphatic heterocycles. The number of aromatic nitrogens is 3. The van der Waals surface area contributed by atoms with Gasteiger partial charge in [0.05, 0.1) is 0 Å². The highest BCUT2D eigenvalue weighted by Crippen LogP contribution is 2.24. The number of aryl methyl sites for hydroxylation is 3. The number of carbonyl (C=O) groups excluding carboxylic acids is 1. The summed E-state index contributed by atoms with van der Waals surface area (Å²) in [6, 6.07) is 4.63. The zero-order valence-electron chi connectivity index (χ0n) is 16.3. The van der Waals surface area contributed by atoms with E-state index in [4.69, 9.17) is 5.73 Å². The summed E-state index contributed by atoms with van der Waals surface area (Å²) in [6.45, 7) is 8.65. The summed E-state index contributed by atoms with van der Waals surface area (Å²) in [5.74, 6) is 0.335. The van der Waals surface area contributed by atoms with Crippen LogP contribution in [0.1, 0.15) is 46.0 Å². The third-order valence-corrected chi connectivity index (χ3v) is 5.12. The lowest BCUT2D eigenvalue weighted by molar-refractivity contribution is 0.0990. The Kier molecular flexibility index (Phi) is 6.01. The van der Waals surface area contributed by atoms with E-state index in [9.17, 15) is 4.79 Å². The average Bonchev–Trinajstić information content (AvgIpc) is 3.11. The molecule has 2 aromatic rings. The maximum absolute atomic E-state index is 11.5. The van der Waals surface area contributed by atoms with Crippen molar-refractivity contribution in [1.29, 1.82) is 0 Å². The SMILES string of the molecule is Cc1ccc(CCCN[C@@H]2CCN(c3nc(C(N)=O)nc(C)c3C)C2)cn1. The minimum Gasteiger partial charge on any atom is -0.363 e.